The van der Waals surface area contributed by atoms with Gasteiger partial charge in [0.05, 0.1) is 6.10 Å². The summed E-state index contributed by atoms with van der Waals surface area (Å²) in [6.45, 7) is 2.93. The van der Waals surface area contributed by atoms with E-state index in [0.717, 1.165) is 13.0 Å². The van der Waals surface area contributed by atoms with Crippen LogP contribution >= 0.6 is 0 Å². The summed E-state index contributed by atoms with van der Waals surface area (Å²) in [5.41, 5.74) is 1.32. The molecule has 2 atom stereocenters. The van der Waals surface area contributed by atoms with Crippen LogP contribution in [0.1, 0.15) is 50.5 Å². The highest BCUT2D eigenvalue weighted by Crippen LogP contribution is 2.21. The van der Waals surface area contributed by atoms with Gasteiger partial charge >= 0.3 is 0 Å². The summed E-state index contributed by atoms with van der Waals surface area (Å²) < 4.78 is 0. The third kappa shape index (κ3) is 4.11. The second-order valence-corrected chi connectivity index (χ2v) is 5.59. The average molecular weight is 247 g/mol. The lowest BCUT2D eigenvalue weighted by Crippen LogP contribution is -2.34. The number of nitrogens with one attached hydrogen (secondary N) is 1. The van der Waals surface area contributed by atoms with E-state index in [1.807, 2.05) is 6.07 Å². The molecule has 0 saturated heterocycles. The fourth-order valence-corrected chi connectivity index (χ4v) is 2.84. The zero-order valence-corrected chi connectivity index (χ0v) is 11.3. The molecule has 0 spiro atoms. The van der Waals surface area contributed by atoms with Crippen LogP contribution in [0, 0.1) is 0 Å². The molecule has 18 heavy (non-hydrogen) atoms. The van der Waals surface area contributed by atoms with E-state index < -0.39 is 0 Å². The predicted molar refractivity (Wildman–Crippen MR) is 75.7 cm³/mol. The number of aliphatic hydroxyl groups is 1. The molecular weight excluding hydrogens is 222 g/mol. The molecule has 0 aromatic heterocycles. The lowest BCUT2D eigenvalue weighted by atomic mass is 9.95. The summed E-state index contributed by atoms with van der Waals surface area (Å²) in [6, 6.07) is 11.1. The molecule has 0 bridgehead atoms. The van der Waals surface area contributed by atoms with E-state index in [9.17, 15) is 5.11 Å². The lowest BCUT2D eigenvalue weighted by molar-refractivity contribution is 0.150. The Labute approximate surface area is 110 Å². The molecule has 0 aliphatic heterocycles. The van der Waals surface area contributed by atoms with E-state index in [1.165, 1.54) is 31.2 Å². The molecule has 2 N–H and O–H groups in total. The molecule has 2 unspecified atom stereocenters. The van der Waals surface area contributed by atoms with Crippen LogP contribution in [0.25, 0.3) is 0 Å². The largest absolute Gasteiger partial charge is 0.392 e. The van der Waals surface area contributed by atoms with Gasteiger partial charge in [-0.2, -0.15) is 0 Å². The Morgan fingerprint density at radius 2 is 1.89 bits per heavy atom. The van der Waals surface area contributed by atoms with Crippen molar-refractivity contribution in [2.45, 2.75) is 57.1 Å². The van der Waals surface area contributed by atoms with Gasteiger partial charge in [0.25, 0.3) is 0 Å². The maximum Gasteiger partial charge on any atom is 0.0670 e. The molecule has 1 fully saturated rings. The predicted octanol–water partition coefficient (Wildman–Crippen LogP) is 3.07. The van der Waals surface area contributed by atoms with Crippen molar-refractivity contribution in [2.75, 3.05) is 6.54 Å². The Balaban J connectivity index is 1.71. The van der Waals surface area contributed by atoms with Crippen LogP contribution in [0.4, 0.5) is 0 Å². The van der Waals surface area contributed by atoms with Gasteiger partial charge in [-0.3, -0.25) is 0 Å². The van der Waals surface area contributed by atoms with Crippen LogP contribution in [0.5, 0.6) is 0 Å². The van der Waals surface area contributed by atoms with Gasteiger partial charge in [0.15, 0.2) is 0 Å². The van der Waals surface area contributed by atoms with Gasteiger partial charge in [-0.25, -0.2) is 0 Å². The molecule has 1 aliphatic carbocycles. The van der Waals surface area contributed by atoms with E-state index in [2.05, 4.69) is 36.5 Å². The van der Waals surface area contributed by atoms with Crippen molar-refractivity contribution in [1.29, 1.82) is 0 Å². The topological polar surface area (TPSA) is 32.3 Å². The van der Waals surface area contributed by atoms with Crippen molar-refractivity contribution >= 4 is 0 Å². The quantitative estimate of drug-likeness (QED) is 0.809. The van der Waals surface area contributed by atoms with Crippen LogP contribution in [-0.2, 0) is 0 Å². The molecule has 0 radical (unpaired) electrons. The van der Waals surface area contributed by atoms with Gasteiger partial charge in [0.1, 0.15) is 0 Å². The van der Waals surface area contributed by atoms with Crippen molar-refractivity contribution in [3.05, 3.63) is 35.9 Å². The normalized spacial score (nSPS) is 19.9. The summed E-state index contributed by atoms with van der Waals surface area (Å²) in [5, 5.41) is 13.6. The molecule has 1 aliphatic rings. The highest BCUT2D eigenvalue weighted by Gasteiger charge is 2.17. The standard InChI is InChI=1S/C16H25NO/c1-13(14-7-3-2-4-8-14)11-16(18)12-17-15-9-5-6-10-15/h2-4,7-8,13,15-18H,5-6,9-12H2,1H3. The minimum absolute atomic E-state index is 0.235. The van der Waals surface area contributed by atoms with Crippen LogP contribution < -0.4 is 5.32 Å². The van der Waals surface area contributed by atoms with Gasteiger partial charge in [-0.05, 0) is 30.7 Å². The third-order valence-electron chi connectivity index (χ3n) is 3.99. The summed E-state index contributed by atoms with van der Waals surface area (Å²) in [4.78, 5) is 0. The Hall–Kier alpha value is -0.860. The summed E-state index contributed by atoms with van der Waals surface area (Å²) in [6.07, 6.45) is 5.84. The molecule has 1 aromatic rings. The van der Waals surface area contributed by atoms with Crippen LogP contribution in [-0.4, -0.2) is 23.8 Å². The second kappa shape index (κ2) is 6.91. The molecule has 0 heterocycles. The molecule has 100 valence electrons. The maximum absolute atomic E-state index is 10.1. The first-order valence-corrected chi connectivity index (χ1v) is 7.22. The molecule has 2 heteroatoms. The van der Waals surface area contributed by atoms with E-state index in [0.29, 0.717) is 12.0 Å². The summed E-state index contributed by atoms with van der Waals surface area (Å²) in [5.74, 6) is 0.423. The van der Waals surface area contributed by atoms with E-state index >= 15 is 0 Å². The monoisotopic (exact) mass is 247 g/mol. The van der Waals surface area contributed by atoms with Crippen LogP contribution in [0.15, 0.2) is 30.3 Å². The van der Waals surface area contributed by atoms with Gasteiger partial charge in [-0.15, -0.1) is 0 Å². The Bertz CT molecular complexity index is 332. The van der Waals surface area contributed by atoms with Crippen molar-refractivity contribution in [3.8, 4) is 0 Å². The first-order valence-electron chi connectivity index (χ1n) is 7.22. The smallest absolute Gasteiger partial charge is 0.0670 e. The molecule has 2 rings (SSSR count). The fraction of sp³-hybridized carbons (Fsp3) is 0.625. The number of rotatable bonds is 6. The van der Waals surface area contributed by atoms with Gasteiger partial charge in [0.2, 0.25) is 0 Å². The van der Waals surface area contributed by atoms with Crippen molar-refractivity contribution in [2.24, 2.45) is 0 Å². The SMILES string of the molecule is CC(CC(O)CNC1CCCC1)c1ccccc1. The average Bonchev–Trinajstić information content (AvgIpc) is 2.90. The zero-order valence-electron chi connectivity index (χ0n) is 11.3. The van der Waals surface area contributed by atoms with E-state index in [-0.39, 0.29) is 6.10 Å². The highest BCUT2D eigenvalue weighted by molar-refractivity contribution is 5.18. The second-order valence-electron chi connectivity index (χ2n) is 5.59. The number of hydrogen-bond acceptors (Lipinski definition) is 2. The minimum atomic E-state index is -0.235. The van der Waals surface area contributed by atoms with Gasteiger partial charge in [-0.1, -0.05) is 50.1 Å². The van der Waals surface area contributed by atoms with Crippen LogP contribution in [0.2, 0.25) is 0 Å². The Kier molecular flexibility index (Phi) is 5.21. The lowest BCUT2D eigenvalue weighted by Gasteiger charge is -2.19. The third-order valence-corrected chi connectivity index (χ3v) is 3.99. The summed E-state index contributed by atoms with van der Waals surface area (Å²) >= 11 is 0. The minimum Gasteiger partial charge on any atom is -0.392 e. The first-order chi connectivity index (χ1) is 8.75. The molecule has 2 nitrogen and oxygen atoms in total. The van der Waals surface area contributed by atoms with E-state index in [4.69, 9.17) is 0 Å². The maximum atomic E-state index is 10.1. The molecule has 0 amide bonds. The summed E-state index contributed by atoms with van der Waals surface area (Å²) in [7, 11) is 0. The highest BCUT2D eigenvalue weighted by atomic mass is 16.3. The zero-order chi connectivity index (χ0) is 12.8. The number of benzene rings is 1. The molecule has 1 aromatic carbocycles. The van der Waals surface area contributed by atoms with Crippen molar-refractivity contribution < 1.29 is 5.11 Å². The Morgan fingerprint density at radius 3 is 2.56 bits per heavy atom. The van der Waals surface area contributed by atoms with Crippen molar-refractivity contribution in [1.82, 2.24) is 5.32 Å². The van der Waals surface area contributed by atoms with Crippen LogP contribution in [0.3, 0.4) is 0 Å². The van der Waals surface area contributed by atoms with Gasteiger partial charge in [0, 0.05) is 12.6 Å². The Morgan fingerprint density at radius 1 is 1.22 bits per heavy atom. The first kappa shape index (κ1) is 13.6. The van der Waals surface area contributed by atoms with Gasteiger partial charge < -0.3 is 10.4 Å². The number of aliphatic hydroxyl groups excluding tert-OH is 1. The fourth-order valence-electron chi connectivity index (χ4n) is 2.84. The molecule has 1 saturated carbocycles. The van der Waals surface area contributed by atoms with Crippen molar-refractivity contribution in [3.63, 3.8) is 0 Å². The number of hydrogen-bond donors (Lipinski definition) is 2. The molecular formula is C16H25NO. The van der Waals surface area contributed by atoms with E-state index in [1.54, 1.807) is 0 Å².